The van der Waals surface area contributed by atoms with Crippen molar-refractivity contribution in [2.45, 2.75) is 0 Å². The van der Waals surface area contributed by atoms with E-state index in [0.29, 0.717) is 0 Å². The molecule has 0 atom stereocenters. The average molecular weight is 905 g/mol. The van der Waals surface area contributed by atoms with Gasteiger partial charge in [0.15, 0.2) is 0 Å². The molecule has 3 heteroatoms. The molecule has 14 rings (SSSR count). The molecule has 0 unspecified atom stereocenters. The molecule has 2 aromatic heterocycles. The fourth-order valence-corrected chi connectivity index (χ4v) is 11.0. The Balaban J connectivity index is 0.916. The molecule has 0 aliphatic rings. The lowest BCUT2D eigenvalue weighted by Gasteiger charge is -2.27. The van der Waals surface area contributed by atoms with Gasteiger partial charge in [-0.1, -0.05) is 194 Å². The first-order valence-corrected chi connectivity index (χ1v) is 24.3. The number of furan rings is 1. The Bertz CT molecular complexity index is 4310. The van der Waals surface area contributed by atoms with Gasteiger partial charge >= 0.3 is 0 Å². The number of anilines is 3. The van der Waals surface area contributed by atoms with Crippen LogP contribution in [-0.4, -0.2) is 4.57 Å². The maximum atomic E-state index is 6.95. The van der Waals surface area contributed by atoms with Crippen LogP contribution in [0.15, 0.2) is 271 Å². The third-order valence-electron chi connectivity index (χ3n) is 14.4. The van der Waals surface area contributed by atoms with Gasteiger partial charge in [0, 0.05) is 38.8 Å². The second-order valence-electron chi connectivity index (χ2n) is 18.4. The third kappa shape index (κ3) is 6.82. The SMILES string of the molecule is c1ccc(-n2c3ccccc3c3c(-c4ccc(N(c5ccc(-c6ccc(-c7ccc8ccccc8c7)cc6)cc5)c5ccc(-c6cccc7ccccc67)c6oc7ccccc7c56)cc4)cccc32)cc1. The summed E-state index contributed by atoms with van der Waals surface area (Å²) in [6.45, 7) is 0. The molecule has 0 amide bonds. The number of para-hydroxylation sites is 3. The van der Waals surface area contributed by atoms with Crippen molar-refractivity contribution >= 4 is 82.4 Å². The van der Waals surface area contributed by atoms with E-state index in [-0.39, 0.29) is 0 Å². The van der Waals surface area contributed by atoms with Gasteiger partial charge in [-0.15, -0.1) is 0 Å². The molecule has 0 N–H and O–H groups in total. The summed E-state index contributed by atoms with van der Waals surface area (Å²) in [7, 11) is 0. The molecule has 0 radical (unpaired) electrons. The second kappa shape index (κ2) is 16.7. The van der Waals surface area contributed by atoms with E-state index >= 15 is 0 Å². The van der Waals surface area contributed by atoms with Crippen molar-refractivity contribution in [3.8, 4) is 50.2 Å². The van der Waals surface area contributed by atoms with Gasteiger partial charge in [0.1, 0.15) is 11.2 Å². The van der Waals surface area contributed by atoms with Crippen LogP contribution in [0.5, 0.6) is 0 Å². The van der Waals surface area contributed by atoms with E-state index in [1.807, 2.05) is 0 Å². The molecule has 0 aliphatic heterocycles. The lowest BCUT2D eigenvalue weighted by molar-refractivity contribution is 0.670. The smallest absolute Gasteiger partial charge is 0.145 e. The van der Waals surface area contributed by atoms with Crippen molar-refractivity contribution in [1.82, 2.24) is 4.57 Å². The van der Waals surface area contributed by atoms with Crippen molar-refractivity contribution in [2.75, 3.05) is 4.90 Å². The number of nitrogens with zero attached hydrogens (tertiary/aromatic N) is 2. The first kappa shape index (κ1) is 40.6. The van der Waals surface area contributed by atoms with E-state index in [1.54, 1.807) is 0 Å². The first-order valence-electron chi connectivity index (χ1n) is 24.3. The van der Waals surface area contributed by atoms with Crippen LogP contribution in [0.2, 0.25) is 0 Å². The van der Waals surface area contributed by atoms with Crippen LogP contribution in [0, 0.1) is 0 Å². The summed E-state index contributed by atoms with van der Waals surface area (Å²) in [5.41, 5.74) is 17.7. The number of aromatic nitrogens is 1. The van der Waals surface area contributed by atoms with E-state index in [0.717, 1.165) is 66.9 Å². The van der Waals surface area contributed by atoms with E-state index in [4.69, 9.17) is 4.42 Å². The molecule has 14 aromatic rings. The molecule has 2 heterocycles. The zero-order valence-corrected chi connectivity index (χ0v) is 38.7. The second-order valence-corrected chi connectivity index (χ2v) is 18.4. The molecule has 332 valence electrons. The lowest BCUT2D eigenvalue weighted by atomic mass is 9.95. The molecule has 0 saturated carbocycles. The summed E-state index contributed by atoms with van der Waals surface area (Å²) in [5.74, 6) is 0. The third-order valence-corrected chi connectivity index (χ3v) is 14.4. The highest BCUT2D eigenvalue weighted by Gasteiger charge is 2.24. The molecule has 0 saturated heterocycles. The number of rotatable bonds is 8. The fourth-order valence-electron chi connectivity index (χ4n) is 11.0. The van der Waals surface area contributed by atoms with Gasteiger partial charge in [0.05, 0.1) is 22.1 Å². The zero-order chi connectivity index (χ0) is 46.8. The Morgan fingerprint density at radius 2 is 0.859 bits per heavy atom. The molecule has 0 aliphatic carbocycles. The summed E-state index contributed by atoms with van der Waals surface area (Å²) in [4.78, 5) is 2.40. The van der Waals surface area contributed by atoms with Crippen LogP contribution in [0.4, 0.5) is 17.1 Å². The zero-order valence-electron chi connectivity index (χ0n) is 38.7. The van der Waals surface area contributed by atoms with Crippen molar-refractivity contribution in [2.24, 2.45) is 0 Å². The minimum absolute atomic E-state index is 0.858. The van der Waals surface area contributed by atoms with Crippen molar-refractivity contribution in [3.05, 3.63) is 267 Å². The monoisotopic (exact) mass is 904 g/mol. The normalized spacial score (nSPS) is 11.7. The Morgan fingerprint density at radius 3 is 1.63 bits per heavy atom. The van der Waals surface area contributed by atoms with Crippen molar-refractivity contribution < 1.29 is 4.42 Å². The quantitative estimate of drug-likeness (QED) is 0.151. The van der Waals surface area contributed by atoms with Gasteiger partial charge in [0.25, 0.3) is 0 Å². The highest BCUT2D eigenvalue weighted by molar-refractivity contribution is 6.19. The van der Waals surface area contributed by atoms with Crippen LogP contribution in [0.1, 0.15) is 0 Å². The van der Waals surface area contributed by atoms with Crippen LogP contribution >= 0.6 is 0 Å². The van der Waals surface area contributed by atoms with Gasteiger partial charge in [0.2, 0.25) is 0 Å². The van der Waals surface area contributed by atoms with E-state index < -0.39 is 0 Å². The Morgan fingerprint density at radius 1 is 0.310 bits per heavy atom. The first-order chi connectivity index (χ1) is 35.2. The summed E-state index contributed by atoms with van der Waals surface area (Å²) in [5, 5.41) is 9.51. The van der Waals surface area contributed by atoms with Crippen molar-refractivity contribution in [3.63, 3.8) is 0 Å². The van der Waals surface area contributed by atoms with Gasteiger partial charge in [-0.2, -0.15) is 0 Å². The van der Waals surface area contributed by atoms with Crippen LogP contribution in [-0.2, 0) is 0 Å². The summed E-state index contributed by atoms with van der Waals surface area (Å²) >= 11 is 0. The largest absolute Gasteiger partial charge is 0.455 e. The molecular weight excluding hydrogens is 861 g/mol. The standard InChI is InChI=1S/C68H44N2O/c1-2-18-53(19-3-1)70-62-25-10-8-21-60(62)66-57(23-13-26-63(66)70)50-36-40-55(41-37-50)69(54-38-34-47(35-39-54)46-28-30-48(31-29-46)52-33-32-45-14-4-5-16-51(45)44-52)64-43-42-59(58-24-12-17-49-15-6-7-20-56(49)58)68-67(64)61-22-9-11-27-65(61)71-68/h1-44H. The van der Waals surface area contributed by atoms with E-state index in [9.17, 15) is 0 Å². The predicted molar refractivity (Wildman–Crippen MR) is 299 cm³/mol. The van der Waals surface area contributed by atoms with E-state index in [2.05, 4.69) is 276 Å². The van der Waals surface area contributed by atoms with Crippen molar-refractivity contribution in [1.29, 1.82) is 0 Å². The van der Waals surface area contributed by atoms with Gasteiger partial charge in [-0.3, -0.25) is 0 Å². The minimum Gasteiger partial charge on any atom is -0.455 e. The average Bonchev–Trinajstić information content (AvgIpc) is 4.01. The Hall–Kier alpha value is -9.44. The lowest BCUT2D eigenvalue weighted by Crippen LogP contribution is -2.10. The van der Waals surface area contributed by atoms with Gasteiger partial charge in [-0.05, 0) is 133 Å². The molecule has 0 bridgehead atoms. The summed E-state index contributed by atoms with van der Waals surface area (Å²) in [6, 6.07) is 96.6. The molecule has 71 heavy (non-hydrogen) atoms. The summed E-state index contributed by atoms with van der Waals surface area (Å²) < 4.78 is 9.33. The Kier molecular flexibility index (Phi) is 9.53. The molecule has 0 spiro atoms. The fraction of sp³-hybridized carbons (Fsp3) is 0. The molecule has 0 fully saturated rings. The molecular formula is C68H44N2O. The highest BCUT2D eigenvalue weighted by Crippen LogP contribution is 2.48. The number of hydrogen-bond acceptors (Lipinski definition) is 2. The predicted octanol–water partition coefficient (Wildman–Crippen LogP) is 19.1. The number of hydrogen-bond donors (Lipinski definition) is 0. The number of fused-ring (bicyclic) bond motifs is 8. The molecule has 3 nitrogen and oxygen atoms in total. The maximum Gasteiger partial charge on any atom is 0.145 e. The van der Waals surface area contributed by atoms with Gasteiger partial charge < -0.3 is 13.9 Å². The van der Waals surface area contributed by atoms with Crippen LogP contribution in [0.25, 0.3) is 115 Å². The van der Waals surface area contributed by atoms with Gasteiger partial charge in [-0.25, -0.2) is 0 Å². The maximum absolute atomic E-state index is 6.95. The van der Waals surface area contributed by atoms with Crippen LogP contribution < -0.4 is 4.90 Å². The van der Waals surface area contributed by atoms with E-state index in [1.165, 1.54) is 65.6 Å². The molecule has 12 aromatic carbocycles. The van der Waals surface area contributed by atoms with Crippen LogP contribution in [0.3, 0.4) is 0 Å². The summed E-state index contributed by atoms with van der Waals surface area (Å²) in [6.07, 6.45) is 0. The minimum atomic E-state index is 0.858. The topological polar surface area (TPSA) is 21.3 Å². The number of benzene rings is 12. The Labute approximate surface area is 411 Å². The highest BCUT2D eigenvalue weighted by atomic mass is 16.3.